The molecule has 4 nitrogen and oxygen atoms in total. The summed E-state index contributed by atoms with van der Waals surface area (Å²) in [6.07, 6.45) is 5.52. The lowest BCUT2D eigenvalue weighted by Gasteiger charge is -2.14. The van der Waals surface area contributed by atoms with Gasteiger partial charge in [0, 0.05) is 24.6 Å². The Balaban J connectivity index is 1.90. The molecule has 0 fully saturated rings. The van der Waals surface area contributed by atoms with Crippen LogP contribution in [-0.4, -0.2) is 20.8 Å². The molecule has 2 heterocycles. The minimum absolute atomic E-state index is 0.305. The Morgan fingerprint density at radius 3 is 2.93 bits per heavy atom. The monoisotopic (exact) mass is 202 g/mol. The molecule has 0 aliphatic carbocycles. The maximum atomic E-state index is 4.21. The molecule has 1 unspecified atom stereocenters. The van der Waals surface area contributed by atoms with Gasteiger partial charge in [-0.15, -0.1) is 0 Å². The second kappa shape index (κ2) is 4.59. The predicted octanol–water partition coefficient (Wildman–Crippen LogP) is 1.78. The van der Waals surface area contributed by atoms with Crippen molar-refractivity contribution in [1.82, 2.24) is 14.8 Å². The van der Waals surface area contributed by atoms with E-state index in [4.69, 9.17) is 0 Å². The molecule has 1 atom stereocenters. The minimum atomic E-state index is 0.305. The number of anilines is 1. The summed E-state index contributed by atoms with van der Waals surface area (Å²) >= 11 is 0. The fourth-order valence-corrected chi connectivity index (χ4v) is 1.44. The van der Waals surface area contributed by atoms with Crippen LogP contribution in [0, 0.1) is 0 Å². The number of aromatic nitrogens is 3. The molecule has 0 aromatic carbocycles. The lowest BCUT2D eigenvalue weighted by Crippen LogP contribution is -2.22. The zero-order valence-electron chi connectivity index (χ0n) is 8.67. The first-order chi connectivity index (χ1) is 7.34. The summed E-state index contributed by atoms with van der Waals surface area (Å²) < 4.78 is 1.90. The van der Waals surface area contributed by atoms with Gasteiger partial charge in [0.15, 0.2) is 0 Å². The van der Waals surface area contributed by atoms with E-state index in [1.54, 1.807) is 12.4 Å². The van der Waals surface area contributed by atoms with E-state index in [1.807, 2.05) is 35.1 Å². The zero-order chi connectivity index (χ0) is 10.5. The van der Waals surface area contributed by atoms with Gasteiger partial charge < -0.3 is 5.32 Å². The fraction of sp³-hybridized carbons (Fsp3) is 0.273. The minimum Gasteiger partial charge on any atom is -0.366 e. The van der Waals surface area contributed by atoms with Crippen LogP contribution in [0.3, 0.4) is 0 Å². The van der Waals surface area contributed by atoms with E-state index in [2.05, 4.69) is 22.3 Å². The van der Waals surface area contributed by atoms with E-state index in [1.165, 1.54) is 0 Å². The van der Waals surface area contributed by atoms with Crippen LogP contribution >= 0.6 is 0 Å². The molecule has 2 aromatic heterocycles. The van der Waals surface area contributed by atoms with Crippen LogP contribution in [0.25, 0.3) is 0 Å². The molecule has 78 valence electrons. The zero-order valence-corrected chi connectivity index (χ0v) is 8.67. The van der Waals surface area contributed by atoms with Crippen molar-refractivity contribution in [2.24, 2.45) is 0 Å². The highest BCUT2D eigenvalue weighted by Crippen LogP contribution is 2.03. The molecular weight excluding hydrogens is 188 g/mol. The molecule has 0 radical (unpaired) electrons. The third-order valence-corrected chi connectivity index (χ3v) is 2.08. The van der Waals surface area contributed by atoms with E-state index >= 15 is 0 Å². The van der Waals surface area contributed by atoms with E-state index < -0.39 is 0 Å². The molecule has 0 amide bonds. The Morgan fingerprint density at radius 2 is 2.27 bits per heavy atom. The van der Waals surface area contributed by atoms with Gasteiger partial charge in [-0.3, -0.25) is 4.68 Å². The van der Waals surface area contributed by atoms with Gasteiger partial charge in [-0.25, -0.2) is 4.98 Å². The largest absolute Gasteiger partial charge is 0.366 e. The maximum Gasteiger partial charge on any atom is 0.126 e. The molecule has 0 saturated carbocycles. The number of nitrogens with one attached hydrogen (secondary N) is 1. The average molecular weight is 202 g/mol. The van der Waals surface area contributed by atoms with Crippen LogP contribution in [0.15, 0.2) is 42.9 Å². The molecule has 0 saturated heterocycles. The second-order valence-corrected chi connectivity index (χ2v) is 3.49. The summed E-state index contributed by atoms with van der Waals surface area (Å²) in [6, 6.07) is 8.06. The van der Waals surface area contributed by atoms with Crippen LogP contribution in [0.1, 0.15) is 6.92 Å². The maximum absolute atomic E-state index is 4.21. The van der Waals surface area contributed by atoms with Gasteiger partial charge in [0.2, 0.25) is 0 Å². The molecule has 15 heavy (non-hydrogen) atoms. The molecule has 0 spiro atoms. The standard InChI is InChI=1S/C11H14N4/c1-10(9-15-8-4-7-13-15)14-11-5-2-3-6-12-11/h2-8,10H,9H2,1H3,(H,12,14). The van der Waals surface area contributed by atoms with Gasteiger partial charge in [-0.05, 0) is 25.1 Å². The van der Waals surface area contributed by atoms with Crippen LogP contribution in [-0.2, 0) is 6.54 Å². The van der Waals surface area contributed by atoms with Crippen molar-refractivity contribution < 1.29 is 0 Å². The SMILES string of the molecule is CC(Cn1cccn1)Nc1ccccn1. The molecular formula is C11H14N4. The summed E-state index contributed by atoms with van der Waals surface area (Å²) in [6.45, 7) is 2.94. The van der Waals surface area contributed by atoms with Gasteiger partial charge in [-0.1, -0.05) is 6.07 Å². The van der Waals surface area contributed by atoms with Crippen molar-refractivity contribution in [2.45, 2.75) is 19.5 Å². The number of pyridine rings is 1. The van der Waals surface area contributed by atoms with Gasteiger partial charge in [0.1, 0.15) is 5.82 Å². The topological polar surface area (TPSA) is 42.7 Å². The highest BCUT2D eigenvalue weighted by Gasteiger charge is 2.02. The van der Waals surface area contributed by atoms with Crippen molar-refractivity contribution in [3.63, 3.8) is 0 Å². The van der Waals surface area contributed by atoms with Gasteiger partial charge in [-0.2, -0.15) is 5.10 Å². The first-order valence-corrected chi connectivity index (χ1v) is 4.99. The molecule has 0 aliphatic heterocycles. The first kappa shape index (κ1) is 9.71. The van der Waals surface area contributed by atoms with Crippen molar-refractivity contribution in [3.8, 4) is 0 Å². The number of nitrogens with zero attached hydrogens (tertiary/aromatic N) is 3. The quantitative estimate of drug-likeness (QED) is 0.821. The lowest BCUT2D eigenvalue weighted by atomic mass is 10.3. The van der Waals surface area contributed by atoms with Crippen molar-refractivity contribution in [3.05, 3.63) is 42.9 Å². The normalized spacial score (nSPS) is 12.3. The smallest absolute Gasteiger partial charge is 0.126 e. The highest BCUT2D eigenvalue weighted by molar-refractivity contribution is 5.33. The summed E-state index contributed by atoms with van der Waals surface area (Å²) in [5, 5.41) is 7.46. The van der Waals surface area contributed by atoms with Gasteiger partial charge in [0.25, 0.3) is 0 Å². The molecule has 0 aliphatic rings. The first-order valence-electron chi connectivity index (χ1n) is 4.99. The van der Waals surface area contributed by atoms with Crippen LogP contribution in [0.2, 0.25) is 0 Å². The number of hydrogen-bond acceptors (Lipinski definition) is 3. The molecule has 4 heteroatoms. The van der Waals surface area contributed by atoms with Crippen LogP contribution in [0.4, 0.5) is 5.82 Å². The average Bonchev–Trinajstić information content (AvgIpc) is 2.71. The molecule has 0 bridgehead atoms. The lowest BCUT2D eigenvalue weighted by molar-refractivity contribution is 0.560. The van der Waals surface area contributed by atoms with Gasteiger partial charge in [0.05, 0.1) is 6.54 Å². The Bertz CT molecular complexity index is 382. The van der Waals surface area contributed by atoms with E-state index in [-0.39, 0.29) is 0 Å². The predicted molar refractivity (Wildman–Crippen MR) is 59.5 cm³/mol. The summed E-state index contributed by atoms with van der Waals surface area (Å²) in [5.74, 6) is 0.900. The van der Waals surface area contributed by atoms with Crippen molar-refractivity contribution in [2.75, 3.05) is 5.32 Å². The summed E-state index contributed by atoms with van der Waals surface area (Å²) in [7, 11) is 0. The van der Waals surface area contributed by atoms with E-state index in [9.17, 15) is 0 Å². The molecule has 2 rings (SSSR count). The second-order valence-electron chi connectivity index (χ2n) is 3.49. The van der Waals surface area contributed by atoms with E-state index in [0.29, 0.717) is 6.04 Å². The summed E-state index contributed by atoms with van der Waals surface area (Å²) in [4.78, 5) is 4.21. The van der Waals surface area contributed by atoms with E-state index in [0.717, 1.165) is 12.4 Å². The highest BCUT2D eigenvalue weighted by atomic mass is 15.3. The van der Waals surface area contributed by atoms with Crippen molar-refractivity contribution in [1.29, 1.82) is 0 Å². The van der Waals surface area contributed by atoms with Crippen LogP contribution < -0.4 is 5.32 Å². The molecule has 2 aromatic rings. The fourth-order valence-electron chi connectivity index (χ4n) is 1.44. The third-order valence-electron chi connectivity index (χ3n) is 2.08. The number of rotatable bonds is 4. The van der Waals surface area contributed by atoms with Gasteiger partial charge >= 0.3 is 0 Å². The Hall–Kier alpha value is -1.84. The summed E-state index contributed by atoms with van der Waals surface area (Å²) in [5.41, 5.74) is 0. The number of hydrogen-bond donors (Lipinski definition) is 1. The van der Waals surface area contributed by atoms with Crippen molar-refractivity contribution >= 4 is 5.82 Å². The third kappa shape index (κ3) is 2.80. The van der Waals surface area contributed by atoms with Crippen LogP contribution in [0.5, 0.6) is 0 Å². The molecule has 1 N–H and O–H groups in total. The Kier molecular flexibility index (Phi) is 2.97. The Labute approximate surface area is 89.0 Å². The Morgan fingerprint density at radius 1 is 1.33 bits per heavy atom.